The maximum Gasteiger partial charge on any atom is 0.224 e. The normalized spacial score (nSPS) is 12.5. The summed E-state index contributed by atoms with van der Waals surface area (Å²) in [5.41, 5.74) is 0. The molecule has 1 heterocycles. The first-order valence-electron chi connectivity index (χ1n) is 7.25. The minimum absolute atomic E-state index is 0.369. The first-order chi connectivity index (χ1) is 9.19. The molecular formula is C14H27N5. The Morgan fingerprint density at radius 2 is 2.00 bits per heavy atom. The molecule has 1 atom stereocenters. The summed E-state index contributed by atoms with van der Waals surface area (Å²) in [5, 5.41) is 6.62. The van der Waals surface area contributed by atoms with E-state index >= 15 is 0 Å². The van der Waals surface area contributed by atoms with Crippen LogP contribution in [0.2, 0.25) is 0 Å². The summed E-state index contributed by atoms with van der Waals surface area (Å²) < 4.78 is 0. The van der Waals surface area contributed by atoms with Gasteiger partial charge < -0.3 is 15.5 Å². The van der Waals surface area contributed by atoms with Gasteiger partial charge in [0.1, 0.15) is 5.82 Å². The molecule has 1 aromatic heterocycles. The van der Waals surface area contributed by atoms with Crippen molar-refractivity contribution in [1.82, 2.24) is 14.9 Å². The number of hydrogen-bond acceptors (Lipinski definition) is 5. The molecule has 0 saturated heterocycles. The molecule has 0 aliphatic heterocycles. The highest BCUT2D eigenvalue weighted by atomic mass is 15.2. The van der Waals surface area contributed by atoms with Crippen LogP contribution in [0.4, 0.5) is 11.8 Å². The van der Waals surface area contributed by atoms with Crippen LogP contribution in [0.5, 0.6) is 0 Å². The maximum atomic E-state index is 4.46. The first kappa shape index (κ1) is 15.7. The van der Waals surface area contributed by atoms with Crippen LogP contribution < -0.4 is 10.6 Å². The van der Waals surface area contributed by atoms with Crippen LogP contribution in [-0.4, -0.2) is 47.1 Å². The Labute approximate surface area is 116 Å². The second kappa shape index (κ2) is 8.69. The second-order valence-electron chi connectivity index (χ2n) is 4.72. The van der Waals surface area contributed by atoms with Crippen molar-refractivity contribution in [3.63, 3.8) is 0 Å². The number of hydrogen-bond donors (Lipinski definition) is 2. The fourth-order valence-corrected chi connectivity index (χ4v) is 1.93. The van der Waals surface area contributed by atoms with Crippen LogP contribution in [0, 0.1) is 0 Å². The molecule has 0 radical (unpaired) electrons. The average molecular weight is 265 g/mol. The van der Waals surface area contributed by atoms with Crippen LogP contribution in [0.25, 0.3) is 0 Å². The Kier molecular flexibility index (Phi) is 7.18. The molecule has 0 spiro atoms. The zero-order valence-corrected chi connectivity index (χ0v) is 12.6. The molecule has 0 amide bonds. The molecule has 0 aliphatic rings. The Hall–Kier alpha value is -1.36. The lowest BCUT2D eigenvalue weighted by Crippen LogP contribution is -2.35. The fraction of sp³-hybridized carbons (Fsp3) is 0.714. The summed E-state index contributed by atoms with van der Waals surface area (Å²) in [4.78, 5) is 11.1. The predicted octanol–water partition coefficient (Wildman–Crippen LogP) is 2.44. The highest BCUT2D eigenvalue weighted by Crippen LogP contribution is 2.08. The molecule has 5 heteroatoms. The molecule has 5 nitrogen and oxygen atoms in total. The number of rotatable bonds is 9. The third-order valence-corrected chi connectivity index (χ3v) is 3.01. The number of nitrogens with zero attached hydrogens (tertiary/aromatic N) is 3. The number of nitrogens with one attached hydrogen (secondary N) is 2. The quantitative estimate of drug-likeness (QED) is 0.718. The number of aromatic nitrogens is 2. The maximum absolute atomic E-state index is 4.46. The second-order valence-corrected chi connectivity index (χ2v) is 4.72. The lowest BCUT2D eigenvalue weighted by atomic mass is 10.3. The topological polar surface area (TPSA) is 53.1 Å². The van der Waals surface area contributed by atoms with Crippen LogP contribution >= 0.6 is 0 Å². The minimum atomic E-state index is 0.369. The van der Waals surface area contributed by atoms with Gasteiger partial charge in [0.15, 0.2) is 0 Å². The Balaban J connectivity index is 2.51. The van der Waals surface area contributed by atoms with Crippen molar-refractivity contribution in [2.24, 2.45) is 0 Å². The van der Waals surface area contributed by atoms with E-state index in [1.807, 2.05) is 6.07 Å². The molecule has 0 bridgehead atoms. The largest absolute Gasteiger partial charge is 0.366 e. The average Bonchev–Trinajstić information content (AvgIpc) is 2.43. The molecule has 1 unspecified atom stereocenters. The van der Waals surface area contributed by atoms with Crippen LogP contribution in [0.15, 0.2) is 12.3 Å². The molecule has 0 fully saturated rings. The summed E-state index contributed by atoms with van der Waals surface area (Å²) in [6.07, 6.45) is 2.86. The smallest absolute Gasteiger partial charge is 0.224 e. The van der Waals surface area contributed by atoms with Crippen LogP contribution in [-0.2, 0) is 0 Å². The first-order valence-corrected chi connectivity index (χ1v) is 7.25. The molecule has 19 heavy (non-hydrogen) atoms. The van der Waals surface area contributed by atoms with E-state index in [1.54, 1.807) is 6.20 Å². The Bertz CT molecular complexity index is 351. The number of likely N-dealkylation sites (N-methyl/N-ethyl adjacent to an activating group) is 1. The van der Waals surface area contributed by atoms with E-state index in [1.165, 1.54) is 0 Å². The molecule has 0 aromatic carbocycles. The lowest BCUT2D eigenvalue weighted by Gasteiger charge is -2.23. The van der Waals surface area contributed by atoms with E-state index in [0.29, 0.717) is 12.0 Å². The van der Waals surface area contributed by atoms with E-state index in [0.717, 1.165) is 38.4 Å². The Morgan fingerprint density at radius 1 is 1.26 bits per heavy atom. The molecule has 1 rings (SSSR count). The van der Waals surface area contributed by atoms with Gasteiger partial charge in [-0.25, -0.2) is 4.98 Å². The summed E-state index contributed by atoms with van der Waals surface area (Å²) in [6, 6.07) is 2.28. The van der Waals surface area contributed by atoms with Crippen molar-refractivity contribution in [3.05, 3.63) is 12.3 Å². The van der Waals surface area contributed by atoms with Gasteiger partial charge in [-0.3, -0.25) is 0 Å². The zero-order chi connectivity index (χ0) is 14.1. The zero-order valence-electron chi connectivity index (χ0n) is 12.6. The highest BCUT2D eigenvalue weighted by molar-refractivity contribution is 5.40. The van der Waals surface area contributed by atoms with E-state index in [9.17, 15) is 0 Å². The standard InChI is InChI=1S/C14H27N5/c1-5-9-15-14-16-10-8-13(18-14)17-12(4)11-19(6-2)7-3/h8,10,12H,5-7,9,11H2,1-4H3,(H2,15,16,17,18). The summed E-state index contributed by atoms with van der Waals surface area (Å²) in [5.74, 6) is 1.58. The van der Waals surface area contributed by atoms with Crippen LogP contribution in [0.3, 0.4) is 0 Å². The van der Waals surface area contributed by atoms with Gasteiger partial charge in [-0.15, -0.1) is 0 Å². The highest BCUT2D eigenvalue weighted by Gasteiger charge is 2.08. The lowest BCUT2D eigenvalue weighted by molar-refractivity contribution is 0.294. The minimum Gasteiger partial charge on any atom is -0.366 e. The van der Waals surface area contributed by atoms with E-state index < -0.39 is 0 Å². The third-order valence-electron chi connectivity index (χ3n) is 3.01. The SMILES string of the molecule is CCCNc1nccc(NC(C)CN(CC)CC)n1. The van der Waals surface area contributed by atoms with Crippen molar-refractivity contribution in [2.75, 3.05) is 36.8 Å². The van der Waals surface area contributed by atoms with Crippen molar-refractivity contribution in [1.29, 1.82) is 0 Å². The predicted molar refractivity (Wildman–Crippen MR) is 81.7 cm³/mol. The molecule has 1 aromatic rings. The van der Waals surface area contributed by atoms with Crippen molar-refractivity contribution < 1.29 is 0 Å². The summed E-state index contributed by atoms with van der Waals surface area (Å²) in [6.45, 7) is 12.8. The van der Waals surface area contributed by atoms with Crippen molar-refractivity contribution in [2.45, 2.75) is 40.2 Å². The molecular weight excluding hydrogens is 238 g/mol. The summed E-state index contributed by atoms with van der Waals surface area (Å²) in [7, 11) is 0. The van der Waals surface area contributed by atoms with Gasteiger partial charge in [0.25, 0.3) is 0 Å². The van der Waals surface area contributed by atoms with Gasteiger partial charge in [-0.2, -0.15) is 4.98 Å². The summed E-state index contributed by atoms with van der Waals surface area (Å²) >= 11 is 0. The molecule has 108 valence electrons. The molecule has 2 N–H and O–H groups in total. The van der Waals surface area contributed by atoms with E-state index in [2.05, 4.69) is 53.2 Å². The van der Waals surface area contributed by atoms with Gasteiger partial charge in [-0.05, 0) is 32.5 Å². The van der Waals surface area contributed by atoms with Crippen molar-refractivity contribution in [3.8, 4) is 0 Å². The monoisotopic (exact) mass is 265 g/mol. The van der Waals surface area contributed by atoms with Gasteiger partial charge in [0, 0.05) is 25.3 Å². The van der Waals surface area contributed by atoms with E-state index in [4.69, 9.17) is 0 Å². The van der Waals surface area contributed by atoms with E-state index in [-0.39, 0.29) is 0 Å². The third kappa shape index (κ3) is 5.87. The van der Waals surface area contributed by atoms with Gasteiger partial charge in [-0.1, -0.05) is 20.8 Å². The van der Waals surface area contributed by atoms with Gasteiger partial charge >= 0.3 is 0 Å². The fourth-order valence-electron chi connectivity index (χ4n) is 1.93. The van der Waals surface area contributed by atoms with Crippen LogP contribution in [0.1, 0.15) is 34.1 Å². The van der Waals surface area contributed by atoms with Gasteiger partial charge in [0.05, 0.1) is 0 Å². The molecule has 0 aliphatic carbocycles. The van der Waals surface area contributed by atoms with Crippen molar-refractivity contribution >= 4 is 11.8 Å². The van der Waals surface area contributed by atoms with Gasteiger partial charge in [0.2, 0.25) is 5.95 Å². The Morgan fingerprint density at radius 3 is 2.63 bits per heavy atom. The number of anilines is 2. The molecule has 0 saturated carbocycles.